The molecule has 2 rings (SSSR count). The summed E-state index contributed by atoms with van der Waals surface area (Å²) in [6, 6.07) is 7.98. The van der Waals surface area contributed by atoms with Crippen LogP contribution in [0.25, 0.3) is 0 Å². The largest absolute Gasteiger partial charge is 0.478 e. The lowest BCUT2D eigenvalue weighted by Gasteiger charge is -2.34. The Kier molecular flexibility index (Phi) is 5.18. The fourth-order valence-electron chi connectivity index (χ4n) is 2.94. The molecule has 3 nitrogen and oxygen atoms in total. The first-order chi connectivity index (χ1) is 9.56. The molecule has 1 fully saturated rings. The van der Waals surface area contributed by atoms with Crippen molar-refractivity contribution in [2.45, 2.75) is 45.6 Å². The highest BCUT2D eigenvalue weighted by Gasteiger charge is 2.20. The number of aromatic carboxylic acids is 1. The smallest absolute Gasteiger partial charge is 0.335 e. The van der Waals surface area contributed by atoms with Gasteiger partial charge in [0.2, 0.25) is 0 Å². The topological polar surface area (TPSA) is 40.5 Å². The zero-order chi connectivity index (χ0) is 14.5. The Balaban J connectivity index is 1.77. The van der Waals surface area contributed by atoms with Gasteiger partial charge < -0.3 is 10.0 Å². The van der Waals surface area contributed by atoms with Gasteiger partial charge in [0.05, 0.1) is 5.56 Å². The minimum atomic E-state index is -0.849. The van der Waals surface area contributed by atoms with Crippen LogP contribution >= 0.6 is 0 Å². The highest BCUT2D eigenvalue weighted by Crippen LogP contribution is 2.23. The van der Waals surface area contributed by atoms with E-state index in [0.717, 1.165) is 12.3 Å². The number of carboxylic acids is 1. The number of benzene rings is 1. The molecule has 1 saturated heterocycles. The Hall–Kier alpha value is -1.35. The standard InChI is InChI=1S/C17H25NO2/c1-13(2)18-11-9-15(10-12-18)4-3-14-5-7-16(8-6-14)17(19)20/h5-8,13,15H,3-4,9-12H2,1-2H3,(H,19,20). The molecule has 0 aliphatic carbocycles. The summed E-state index contributed by atoms with van der Waals surface area (Å²) in [6.45, 7) is 6.98. The van der Waals surface area contributed by atoms with Gasteiger partial charge >= 0.3 is 5.97 Å². The van der Waals surface area contributed by atoms with Crippen LogP contribution in [0.2, 0.25) is 0 Å². The van der Waals surface area contributed by atoms with Gasteiger partial charge in [-0.25, -0.2) is 4.79 Å². The minimum absolute atomic E-state index is 0.374. The molecule has 1 aromatic carbocycles. The molecule has 1 heterocycles. The average Bonchev–Trinajstić information content (AvgIpc) is 2.46. The average molecular weight is 275 g/mol. The SMILES string of the molecule is CC(C)N1CCC(CCc2ccc(C(=O)O)cc2)CC1. The first-order valence-corrected chi connectivity index (χ1v) is 7.62. The summed E-state index contributed by atoms with van der Waals surface area (Å²) in [4.78, 5) is 13.4. The summed E-state index contributed by atoms with van der Waals surface area (Å²) in [5.74, 6) is -0.0262. The fraction of sp³-hybridized carbons (Fsp3) is 0.588. The molecule has 0 saturated carbocycles. The molecule has 0 amide bonds. The summed E-state index contributed by atoms with van der Waals surface area (Å²) in [5, 5.41) is 8.87. The molecule has 1 N–H and O–H groups in total. The Bertz CT molecular complexity index is 431. The lowest BCUT2D eigenvalue weighted by atomic mass is 9.90. The van der Waals surface area contributed by atoms with E-state index in [2.05, 4.69) is 18.7 Å². The van der Waals surface area contributed by atoms with E-state index in [-0.39, 0.29) is 0 Å². The van der Waals surface area contributed by atoms with Gasteiger partial charge in [0.1, 0.15) is 0 Å². The van der Waals surface area contributed by atoms with Crippen molar-refractivity contribution in [3.05, 3.63) is 35.4 Å². The van der Waals surface area contributed by atoms with Crippen molar-refractivity contribution in [3.63, 3.8) is 0 Å². The number of rotatable bonds is 5. The maximum atomic E-state index is 10.8. The number of hydrogen-bond acceptors (Lipinski definition) is 2. The van der Waals surface area contributed by atoms with Gasteiger partial charge in [0.25, 0.3) is 0 Å². The van der Waals surface area contributed by atoms with E-state index in [1.807, 2.05) is 12.1 Å². The molecule has 0 unspecified atom stereocenters. The molecular weight excluding hydrogens is 250 g/mol. The van der Waals surface area contributed by atoms with Crippen LogP contribution in [-0.2, 0) is 6.42 Å². The number of nitrogens with zero attached hydrogens (tertiary/aromatic N) is 1. The van der Waals surface area contributed by atoms with E-state index in [1.165, 1.54) is 37.9 Å². The molecule has 1 aromatic rings. The zero-order valence-corrected chi connectivity index (χ0v) is 12.5. The molecule has 3 heteroatoms. The number of likely N-dealkylation sites (tertiary alicyclic amines) is 1. The third-order valence-corrected chi connectivity index (χ3v) is 4.42. The van der Waals surface area contributed by atoms with E-state index in [1.54, 1.807) is 12.1 Å². The van der Waals surface area contributed by atoms with Crippen molar-refractivity contribution in [2.24, 2.45) is 5.92 Å². The lowest BCUT2D eigenvalue weighted by Crippen LogP contribution is -2.38. The first kappa shape index (κ1) is 15.0. The van der Waals surface area contributed by atoms with Crippen molar-refractivity contribution in [1.29, 1.82) is 0 Å². The Morgan fingerprint density at radius 1 is 1.25 bits per heavy atom. The van der Waals surface area contributed by atoms with Crippen LogP contribution in [0.15, 0.2) is 24.3 Å². The van der Waals surface area contributed by atoms with Crippen molar-refractivity contribution in [3.8, 4) is 0 Å². The van der Waals surface area contributed by atoms with E-state index in [4.69, 9.17) is 5.11 Å². The molecule has 0 aromatic heterocycles. The highest BCUT2D eigenvalue weighted by molar-refractivity contribution is 5.87. The van der Waals surface area contributed by atoms with E-state index in [0.29, 0.717) is 11.6 Å². The van der Waals surface area contributed by atoms with Crippen LogP contribution in [-0.4, -0.2) is 35.1 Å². The van der Waals surface area contributed by atoms with Crippen LogP contribution in [0.3, 0.4) is 0 Å². The van der Waals surface area contributed by atoms with Gasteiger partial charge in [-0.2, -0.15) is 0 Å². The van der Waals surface area contributed by atoms with Crippen LogP contribution in [0, 0.1) is 5.92 Å². The molecular formula is C17H25NO2. The monoisotopic (exact) mass is 275 g/mol. The number of aryl methyl sites for hydroxylation is 1. The summed E-state index contributed by atoms with van der Waals surface area (Å²) in [5.41, 5.74) is 1.63. The van der Waals surface area contributed by atoms with E-state index in [9.17, 15) is 4.79 Å². The van der Waals surface area contributed by atoms with Gasteiger partial charge in [-0.1, -0.05) is 12.1 Å². The lowest BCUT2D eigenvalue weighted by molar-refractivity contribution is 0.0697. The van der Waals surface area contributed by atoms with Crippen molar-refractivity contribution in [1.82, 2.24) is 4.90 Å². The molecule has 1 aliphatic rings. The second kappa shape index (κ2) is 6.89. The van der Waals surface area contributed by atoms with Crippen molar-refractivity contribution in [2.75, 3.05) is 13.1 Å². The van der Waals surface area contributed by atoms with Crippen LogP contribution < -0.4 is 0 Å². The summed E-state index contributed by atoms with van der Waals surface area (Å²) in [6.07, 6.45) is 4.88. The second-order valence-corrected chi connectivity index (χ2v) is 6.11. The minimum Gasteiger partial charge on any atom is -0.478 e. The first-order valence-electron chi connectivity index (χ1n) is 7.62. The van der Waals surface area contributed by atoms with Gasteiger partial charge in [-0.15, -0.1) is 0 Å². The van der Waals surface area contributed by atoms with Gasteiger partial charge in [-0.3, -0.25) is 0 Å². The predicted molar refractivity (Wildman–Crippen MR) is 81.2 cm³/mol. The van der Waals surface area contributed by atoms with Crippen LogP contribution in [0.5, 0.6) is 0 Å². The normalized spacial score (nSPS) is 17.6. The van der Waals surface area contributed by atoms with Crippen LogP contribution in [0.4, 0.5) is 0 Å². The Labute approximate surface area is 121 Å². The summed E-state index contributed by atoms with van der Waals surface area (Å²) in [7, 11) is 0. The third-order valence-electron chi connectivity index (χ3n) is 4.42. The molecule has 20 heavy (non-hydrogen) atoms. The van der Waals surface area contributed by atoms with Crippen LogP contribution in [0.1, 0.15) is 49.0 Å². The van der Waals surface area contributed by atoms with E-state index < -0.39 is 5.97 Å². The Morgan fingerprint density at radius 2 is 1.85 bits per heavy atom. The Morgan fingerprint density at radius 3 is 2.35 bits per heavy atom. The summed E-state index contributed by atoms with van der Waals surface area (Å²) >= 11 is 0. The van der Waals surface area contributed by atoms with Gasteiger partial charge in [0, 0.05) is 6.04 Å². The third kappa shape index (κ3) is 4.07. The quantitative estimate of drug-likeness (QED) is 0.895. The molecule has 0 bridgehead atoms. The number of hydrogen-bond donors (Lipinski definition) is 1. The molecule has 0 radical (unpaired) electrons. The molecule has 0 atom stereocenters. The molecule has 0 spiro atoms. The highest BCUT2D eigenvalue weighted by atomic mass is 16.4. The zero-order valence-electron chi connectivity index (χ0n) is 12.5. The molecule has 1 aliphatic heterocycles. The van der Waals surface area contributed by atoms with Crippen molar-refractivity contribution < 1.29 is 9.90 Å². The molecule has 110 valence electrons. The van der Waals surface area contributed by atoms with Crippen molar-refractivity contribution >= 4 is 5.97 Å². The maximum absolute atomic E-state index is 10.8. The number of carbonyl (C=O) groups is 1. The van der Waals surface area contributed by atoms with Gasteiger partial charge in [-0.05, 0) is 76.2 Å². The van der Waals surface area contributed by atoms with Gasteiger partial charge in [0.15, 0.2) is 0 Å². The van der Waals surface area contributed by atoms with E-state index >= 15 is 0 Å². The number of carboxylic acid groups (broad SMARTS) is 1. The number of piperidine rings is 1. The second-order valence-electron chi connectivity index (χ2n) is 6.11. The predicted octanol–water partition coefficient (Wildman–Crippen LogP) is 3.44. The maximum Gasteiger partial charge on any atom is 0.335 e. The fourth-order valence-corrected chi connectivity index (χ4v) is 2.94. The summed E-state index contributed by atoms with van der Waals surface area (Å²) < 4.78 is 0.